The molecule has 0 radical (unpaired) electrons. The Kier molecular flexibility index (Phi) is 43.7. The number of phosphoric acid groups is 2. The maximum Gasteiger partial charge on any atom is 0.475 e. The lowest BCUT2D eigenvalue weighted by Gasteiger charge is -2.35. The van der Waals surface area contributed by atoms with Crippen LogP contribution in [0, 0.1) is 0 Å². The minimum Gasteiger partial charge on any atom is -0.374 e. The van der Waals surface area contributed by atoms with Gasteiger partial charge in [0.05, 0.1) is 118 Å². The van der Waals surface area contributed by atoms with Gasteiger partial charge in [0.1, 0.15) is 73.2 Å². The fraction of sp³-hybridized carbons (Fsp3) is 0.370. The van der Waals surface area contributed by atoms with E-state index in [9.17, 15) is 0 Å². The minimum atomic E-state index is -5.05. The van der Waals surface area contributed by atoms with Crippen molar-refractivity contribution in [3.05, 3.63) is 404 Å². The molecule has 13 unspecified atom stereocenters. The first kappa shape index (κ1) is 103. The van der Waals surface area contributed by atoms with Crippen LogP contribution in [-0.4, -0.2) is 159 Å². The van der Waals surface area contributed by atoms with E-state index in [-0.39, 0.29) is 118 Å². The lowest BCUT2D eigenvalue weighted by atomic mass is 10.1. The first-order valence-electron chi connectivity index (χ1n) is 46.2. The van der Waals surface area contributed by atoms with E-state index in [0.717, 1.165) is 54.9 Å². The van der Waals surface area contributed by atoms with Crippen molar-refractivity contribution in [2.75, 3.05) is 67.0 Å². The molecule has 0 bridgehead atoms. The zero-order valence-electron chi connectivity index (χ0n) is 77.5. The molecular weight excluding hydrogens is 1770 g/mol. The summed E-state index contributed by atoms with van der Waals surface area (Å²) in [7, 11) is -6.62. The molecule has 11 aromatic rings. The fourth-order valence-electron chi connectivity index (χ4n) is 15.6. The summed E-state index contributed by atoms with van der Waals surface area (Å²) in [6.45, 7) is 3.40. The van der Waals surface area contributed by atoms with Gasteiger partial charge in [0.15, 0.2) is 12.6 Å². The molecule has 28 heteroatoms. The smallest absolute Gasteiger partial charge is 0.374 e. The van der Waals surface area contributed by atoms with Gasteiger partial charge in [-0.3, -0.25) is 27.1 Å². The molecule has 0 spiro atoms. The number of ether oxygens (including phenoxy) is 15. The highest BCUT2D eigenvalue weighted by Gasteiger charge is 2.54. The molecule has 17 atom stereocenters. The van der Waals surface area contributed by atoms with Crippen LogP contribution in [0.25, 0.3) is 22.6 Å². The van der Waals surface area contributed by atoms with Gasteiger partial charge in [-0.25, -0.2) is 9.13 Å². The second-order valence-electron chi connectivity index (χ2n) is 32.8. The average molecular weight is 1900 g/mol. The van der Waals surface area contributed by atoms with Gasteiger partial charge in [0, 0.05) is 25.7 Å². The van der Waals surface area contributed by atoms with Gasteiger partial charge in [0.2, 0.25) is 0 Å². The second kappa shape index (κ2) is 57.5. The third kappa shape index (κ3) is 34.3. The van der Waals surface area contributed by atoms with Crippen LogP contribution < -0.4 is 10.4 Å². The maximum atomic E-state index is 17.0. The summed E-state index contributed by atoms with van der Waals surface area (Å²) in [6.07, 6.45) is -10.5. The molecule has 720 valence electrons. The van der Waals surface area contributed by atoms with E-state index in [1.54, 1.807) is 0 Å². The molecule has 0 N–H and O–H groups in total. The quantitative estimate of drug-likeness (QED) is 0.0113. The number of rotatable bonds is 62. The van der Waals surface area contributed by atoms with Gasteiger partial charge < -0.3 is 71.1 Å². The molecular formula is C108H125N3O23P2. The highest BCUT2D eigenvalue weighted by molar-refractivity contribution is 7.48. The Morgan fingerprint density at radius 2 is 0.654 bits per heavy atom. The Morgan fingerprint density at radius 1 is 0.346 bits per heavy atom. The van der Waals surface area contributed by atoms with E-state index in [2.05, 4.69) is 34.3 Å². The summed E-state index contributed by atoms with van der Waals surface area (Å²) in [5.41, 5.74) is 17.2. The lowest BCUT2D eigenvalue weighted by Crippen LogP contribution is -2.48. The molecule has 13 rings (SSSR count). The molecule has 2 aliphatic rings. The molecule has 2 heterocycles. The summed E-state index contributed by atoms with van der Waals surface area (Å²) in [5, 5.41) is 5.76. The number of benzene rings is 11. The van der Waals surface area contributed by atoms with Gasteiger partial charge >= 0.3 is 15.6 Å². The SMILES string of the molecule is C/C=c1/cccc/c1=C/C(C)OCC(OCc1ccccc1)C(OCc1ccccc1)C(CO[C@@H]1O[C@H](COCc2ccccc2)C(OP(=O)(OCc2ccccc2)OCC(OCc2ccccc2)C(OCc2ccccc2)C(CO[C@@H]2O[C@H](COCc3ccccc3)C(OP(=O)(OCCCCCN=[N+]=[N-])OCc3ccccc3)C2OC)OCc2ccccc2)C1OC)OCc1ccccc1. The zero-order valence-corrected chi connectivity index (χ0v) is 79.3. The van der Waals surface area contributed by atoms with E-state index in [1.807, 2.05) is 329 Å². The number of phosphoric ester groups is 2. The van der Waals surface area contributed by atoms with Gasteiger partial charge in [-0.15, -0.1) is 0 Å². The number of methoxy groups -OCH3 is 2. The van der Waals surface area contributed by atoms with Gasteiger partial charge in [-0.2, -0.15) is 0 Å². The highest BCUT2D eigenvalue weighted by Crippen LogP contribution is 2.56. The van der Waals surface area contributed by atoms with Crippen LogP contribution >= 0.6 is 15.6 Å². The third-order valence-electron chi connectivity index (χ3n) is 22.8. The van der Waals surface area contributed by atoms with E-state index in [1.165, 1.54) is 14.2 Å². The molecule has 136 heavy (non-hydrogen) atoms. The molecule has 2 aliphatic heterocycles. The van der Waals surface area contributed by atoms with E-state index >= 15 is 9.13 Å². The molecule has 0 aromatic heterocycles. The van der Waals surface area contributed by atoms with Crippen LogP contribution in [0.2, 0.25) is 0 Å². The maximum absolute atomic E-state index is 17.0. The van der Waals surface area contributed by atoms with Crippen molar-refractivity contribution in [3.8, 4) is 0 Å². The normalized spacial score (nSPS) is 19.9. The molecule has 0 aliphatic carbocycles. The molecule has 2 fully saturated rings. The molecule has 11 aromatic carbocycles. The van der Waals surface area contributed by atoms with E-state index < -0.39 is 108 Å². The summed E-state index contributed by atoms with van der Waals surface area (Å²) in [4.78, 5) is 2.88. The number of azide groups is 1. The van der Waals surface area contributed by atoms with Crippen molar-refractivity contribution in [3.63, 3.8) is 0 Å². The monoisotopic (exact) mass is 1890 g/mol. The van der Waals surface area contributed by atoms with Crippen molar-refractivity contribution >= 4 is 27.8 Å². The fourth-order valence-corrected chi connectivity index (χ4v) is 18.4. The van der Waals surface area contributed by atoms with Crippen LogP contribution in [0.1, 0.15) is 88.7 Å². The highest BCUT2D eigenvalue weighted by atomic mass is 31.2. The average Bonchev–Trinajstić information content (AvgIpc) is 1.65. The molecule has 26 nitrogen and oxygen atoms in total. The number of hydrogen-bond acceptors (Lipinski definition) is 24. The van der Waals surface area contributed by atoms with Crippen molar-refractivity contribution < 1.29 is 107 Å². The predicted octanol–water partition coefficient (Wildman–Crippen LogP) is 20.1. The Morgan fingerprint density at radius 3 is 1.00 bits per heavy atom. The Balaban J connectivity index is 0.845. The number of nitrogens with zero attached hydrogens (tertiary/aromatic N) is 3. The summed E-state index contributed by atoms with van der Waals surface area (Å²) >= 11 is 0. The largest absolute Gasteiger partial charge is 0.475 e. The topological polar surface area (TPSA) is 277 Å². The number of unbranched alkanes of at least 4 members (excludes halogenated alkanes) is 2. The standard InChI is InChI=1S/C108H125N3O23P2/c1-5-93-61-37-38-62-94(93)65-82(2)118-78-95(119-68-85-45-21-8-22-46-85)101(123-72-89-53-29-12-30-54-89)96(120-69-86-47-23-9-24-48-86)79-125-108-106(115-4)104(100(132-108)77-117-67-84-43-19-7-20-44-84)134-136(113,129-75-92-59-35-15-36-60-92)130-81-98(122-71-88-51-27-11-28-52-88)102(124-73-90-55-31-13-32-56-90)97(121-70-87-49-25-10-26-50-87)80-126-107-105(114-3)103(99(131-107)76-116-66-83-41-17-6-18-42-83)133-135(112,127-64-40-16-39-63-110-111-109)128-74-91-57-33-14-34-58-91/h5-15,17-38,41-62,65,82,95-108H,16,39-40,63-64,66-81H2,1-4H3/b93-5-,94-65-/t82?,95?,96?,97?,98?,99-,100-,101?,102?,103?,104?,105?,106?,107-,108-,135?,136?/m1/s1. The van der Waals surface area contributed by atoms with Crippen LogP contribution in [0.3, 0.4) is 0 Å². The number of hydrogen-bond donors (Lipinski definition) is 0. The zero-order chi connectivity index (χ0) is 94.3. The summed E-state index contributed by atoms with van der Waals surface area (Å²) < 4.78 is 176. The Bertz CT molecular complexity index is 5420. The van der Waals surface area contributed by atoms with Crippen molar-refractivity contribution in [1.29, 1.82) is 0 Å². The van der Waals surface area contributed by atoms with Crippen LogP contribution in [0.15, 0.2) is 333 Å². The van der Waals surface area contributed by atoms with Crippen molar-refractivity contribution in [2.24, 2.45) is 5.11 Å². The van der Waals surface area contributed by atoms with E-state index in [4.69, 9.17) is 104 Å². The van der Waals surface area contributed by atoms with Crippen LogP contribution in [-0.2, 0) is 173 Å². The third-order valence-corrected chi connectivity index (χ3v) is 25.7. The molecule has 0 amide bonds. The summed E-state index contributed by atoms with van der Waals surface area (Å²) in [6, 6.07) is 104. The second-order valence-corrected chi connectivity index (χ2v) is 36.1. The Hall–Kier alpha value is -9.91. The van der Waals surface area contributed by atoms with Gasteiger partial charge in [0.25, 0.3) is 0 Å². The first-order valence-corrected chi connectivity index (χ1v) is 49.1. The van der Waals surface area contributed by atoms with Gasteiger partial charge in [-0.1, -0.05) is 345 Å². The Labute approximate surface area is 798 Å². The molecule has 0 saturated carbocycles. The van der Waals surface area contributed by atoms with E-state index in [0.29, 0.717) is 30.4 Å². The molecule has 2 saturated heterocycles. The lowest BCUT2D eigenvalue weighted by molar-refractivity contribution is -0.221. The van der Waals surface area contributed by atoms with Crippen LogP contribution in [0.5, 0.6) is 0 Å². The van der Waals surface area contributed by atoms with Crippen LogP contribution in [0.4, 0.5) is 0 Å². The minimum absolute atomic E-state index is 0.0102. The predicted molar refractivity (Wildman–Crippen MR) is 516 cm³/mol. The first-order chi connectivity index (χ1) is 66.9. The summed E-state index contributed by atoms with van der Waals surface area (Å²) in [5.74, 6) is 0. The van der Waals surface area contributed by atoms with Gasteiger partial charge in [-0.05, 0) is 104 Å². The van der Waals surface area contributed by atoms with Crippen molar-refractivity contribution in [1.82, 2.24) is 0 Å². The van der Waals surface area contributed by atoms with Crippen molar-refractivity contribution in [2.45, 2.75) is 191 Å².